The Kier molecular flexibility index (Phi) is 9.81. The average Bonchev–Trinajstić information content (AvgIpc) is 2.65. The number of carbonyl (C=O) groups is 4. The van der Waals surface area contributed by atoms with E-state index in [1.165, 1.54) is 0 Å². The van der Waals surface area contributed by atoms with Crippen molar-refractivity contribution >= 4 is 23.8 Å². The van der Waals surface area contributed by atoms with Crippen LogP contribution in [0.15, 0.2) is 30.3 Å². The summed E-state index contributed by atoms with van der Waals surface area (Å²) in [6, 6.07) is 5.70. The number of rotatable bonds is 12. The highest BCUT2D eigenvalue weighted by Gasteiger charge is 2.28. The third-order valence-electron chi connectivity index (χ3n) is 4.24. The molecule has 0 saturated heterocycles. The van der Waals surface area contributed by atoms with Gasteiger partial charge in [0.1, 0.15) is 12.1 Å². The van der Waals surface area contributed by atoms with Crippen LogP contribution in [-0.2, 0) is 25.6 Å². The first-order valence-corrected chi connectivity index (χ1v) is 9.45. The van der Waals surface area contributed by atoms with Crippen molar-refractivity contribution in [2.75, 3.05) is 0 Å². The van der Waals surface area contributed by atoms with Gasteiger partial charge in [-0.3, -0.25) is 14.4 Å². The van der Waals surface area contributed by atoms with E-state index in [0.29, 0.717) is 0 Å². The zero-order valence-corrected chi connectivity index (χ0v) is 16.6. The number of hydrogen-bond donors (Lipinski definition) is 5. The van der Waals surface area contributed by atoms with Crippen LogP contribution in [0.3, 0.4) is 0 Å². The van der Waals surface area contributed by atoms with E-state index in [9.17, 15) is 24.3 Å². The number of carbonyl (C=O) groups excluding carboxylic acids is 2. The number of hydrogen-bond acceptors (Lipinski definition) is 5. The summed E-state index contributed by atoms with van der Waals surface area (Å²) < 4.78 is 0. The summed E-state index contributed by atoms with van der Waals surface area (Å²) in [5.41, 5.74) is 6.49. The molecule has 0 bridgehead atoms. The molecular weight excluding hydrogens is 378 g/mol. The van der Waals surface area contributed by atoms with E-state index in [2.05, 4.69) is 10.6 Å². The van der Waals surface area contributed by atoms with Gasteiger partial charge < -0.3 is 26.6 Å². The third-order valence-corrected chi connectivity index (χ3v) is 4.24. The molecule has 3 atom stereocenters. The first kappa shape index (κ1) is 24.1. The molecule has 0 heterocycles. The second kappa shape index (κ2) is 11.8. The highest BCUT2D eigenvalue weighted by molar-refractivity contribution is 5.92. The molecule has 0 saturated carbocycles. The van der Waals surface area contributed by atoms with Gasteiger partial charge in [0.25, 0.3) is 0 Å². The first-order chi connectivity index (χ1) is 13.6. The van der Waals surface area contributed by atoms with Crippen molar-refractivity contribution in [3.63, 3.8) is 0 Å². The lowest BCUT2D eigenvalue weighted by Crippen LogP contribution is -2.55. The fourth-order valence-electron chi connectivity index (χ4n) is 2.71. The van der Waals surface area contributed by atoms with Gasteiger partial charge in [0.15, 0.2) is 0 Å². The summed E-state index contributed by atoms with van der Waals surface area (Å²) in [5.74, 6) is -3.50. The van der Waals surface area contributed by atoms with Crippen molar-refractivity contribution in [2.24, 2.45) is 11.7 Å². The Hall–Kier alpha value is -2.94. The predicted octanol–water partition coefficient (Wildman–Crippen LogP) is 0.522. The standard InChI is InChI=1S/C20H29N3O6/c1-12(2)10-16(20(28)29)23-19(27)15(11-13-6-4-3-5-7-13)22-18(26)14(21)8-9-17(24)25/h3-7,12,14-16H,8-11,21H2,1-2H3,(H,22,26)(H,23,27)(H,24,25)(H,28,29). The Morgan fingerprint density at radius 3 is 2.07 bits per heavy atom. The second-order valence-corrected chi connectivity index (χ2v) is 7.32. The van der Waals surface area contributed by atoms with Crippen LogP contribution in [-0.4, -0.2) is 52.1 Å². The molecule has 1 rings (SSSR count). The van der Waals surface area contributed by atoms with E-state index in [-0.39, 0.29) is 31.6 Å². The van der Waals surface area contributed by atoms with E-state index < -0.39 is 41.9 Å². The molecule has 0 aliphatic rings. The van der Waals surface area contributed by atoms with Gasteiger partial charge in [0, 0.05) is 12.8 Å². The van der Waals surface area contributed by atoms with Gasteiger partial charge >= 0.3 is 11.9 Å². The number of nitrogens with two attached hydrogens (primary N) is 1. The summed E-state index contributed by atoms with van der Waals surface area (Å²) >= 11 is 0. The highest BCUT2D eigenvalue weighted by Crippen LogP contribution is 2.08. The average molecular weight is 407 g/mol. The maximum atomic E-state index is 12.7. The number of aliphatic carboxylic acids is 2. The first-order valence-electron chi connectivity index (χ1n) is 9.45. The van der Waals surface area contributed by atoms with E-state index in [1.807, 2.05) is 19.9 Å². The molecule has 0 radical (unpaired) electrons. The van der Waals surface area contributed by atoms with Crippen LogP contribution in [0, 0.1) is 5.92 Å². The number of carboxylic acid groups (broad SMARTS) is 2. The largest absolute Gasteiger partial charge is 0.481 e. The Bertz CT molecular complexity index is 707. The van der Waals surface area contributed by atoms with Crippen LogP contribution in [0.5, 0.6) is 0 Å². The SMILES string of the molecule is CC(C)CC(NC(=O)C(Cc1ccccc1)NC(=O)C(N)CCC(=O)O)C(=O)O. The molecule has 9 nitrogen and oxygen atoms in total. The maximum Gasteiger partial charge on any atom is 0.326 e. The molecule has 160 valence electrons. The van der Waals surface area contributed by atoms with Gasteiger partial charge in [-0.05, 0) is 24.3 Å². The van der Waals surface area contributed by atoms with Crippen molar-refractivity contribution < 1.29 is 29.4 Å². The Morgan fingerprint density at radius 2 is 1.55 bits per heavy atom. The summed E-state index contributed by atoms with van der Waals surface area (Å²) in [6.07, 6.45) is 0.0227. The smallest absolute Gasteiger partial charge is 0.326 e. The monoisotopic (exact) mass is 407 g/mol. The molecule has 9 heteroatoms. The molecule has 0 spiro atoms. The van der Waals surface area contributed by atoms with Crippen molar-refractivity contribution in [3.05, 3.63) is 35.9 Å². The molecule has 1 aromatic carbocycles. The Labute approximate surface area is 169 Å². The number of nitrogens with one attached hydrogen (secondary N) is 2. The fourth-order valence-corrected chi connectivity index (χ4v) is 2.71. The lowest BCUT2D eigenvalue weighted by atomic mass is 10.0. The normalized spacial score (nSPS) is 13.9. The minimum absolute atomic E-state index is 0.0444. The fraction of sp³-hybridized carbons (Fsp3) is 0.500. The summed E-state index contributed by atoms with van der Waals surface area (Å²) in [6.45, 7) is 3.68. The highest BCUT2D eigenvalue weighted by atomic mass is 16.4. The zero-order valence-electron chi connectivity index (χ0n) is 16.6. The Morgan fingerprint density at radius 1 is 0.966 bits per heavy atom. The molecule has 0 aromatic heterocycles. The van der Waals surface area contributed by atoms with Crippen molar-refractivity contribution in [3.8, 4) is 0 Å². The van der Waals surface area contributed by atoms with E-state index >= 15 is 0 Å². The minimum Gasteiger partial charge on any atom is -0.481 e. The van der Waals surface area contributed by atoms with Crippen LogP contribution >= 0.6 is 0 Å². The molecule has 0 aliphatic heterocycles. The van der Waals surface area contributed by atoms with Gasteiger partial charge in [-0.15, -0.1) is 0 Å². The zero-order chi connectivity index (χ0) is 22.0. The lowest BCUT2D eigenvalue weighted by molar-refractivity contribution is -0.142. The molecule has 0 fully saturated rings. The topological polar surface area (TPSA) is 159 Å². The predicted molar refractivity (Wildman–Crippen MR) is 106 cm³/mol. The van der Waals surface area contributed by atoms with E-state index in [0.717, 1.165) is 5.56 Å². The maximum absolute atomic E-state index is 12.7. The minimum atomic E-state index is -1.16. The Balaban J connectivity index is 2.91. The van der Waals surface area contributed by atoms with Gasteiger partial charge in [-0.25, -0.2) is 4.79 Å². The number of amides is 2. The van der Waals surface area contributed by atoms with Crippen molar-refractivity contribution in [1.29, 1.82) is 0 Å². The van der Waals surface area contributed by atoms with Crippen molar-refractivity contribution in [1.82, 2.24) is 10.6 Å². The molecule has 1 aromatic rings. The summed E-state index contributed by atoms with van der Waals surface area (Å²) in [5, 5.41) is 23.1. The van der Waals surface area contributed by atoms with Crippen LogP contribution in [0.1, 0.15) is 38.7 Å². The number of carboxylic acids is 2. The third kappa shape index (κ3) is 9.20. The van der Waals surface area contributed by atoms with Gasteiger partial charge in [0.05, 0.1) is 6.04 Å². The van der Waals surface area contributed by atoms with Gasteiger partial charge in [0.2, 0.25) is 11.8 Å². The molecule has 0 aliphatic carbocycles. The van der Waals surface area contributed by atoms with Crippen LogP contribution < -0.4 is 16.4 Å². The quantitative estimate of drug-likeness (QED) is 0.338. The number of benzene rings is 1. The second-order valence-electron chi connectivity index (χ2n) is 7.32. The van der Waals surface area contributed by atoms with E-state index in [4.69, 9.17) is 10.8 Å². The van der Waals surface area contributed by atoms with Crippen LogP contribution in [0.2, 0.25) is 0 Å². The molecular formula is C20H29N3O6. The van der Waals surface area contributed by atoms with Crippen LogP contribution in [0.25, 0.3) is 0 Å². The molecule has 3 unspecified atom stereocenters. The van der Waals surface area contributed by atoms with E-state index in [1.54, 1.807) is 24.3 Å². The molecule has 29 heavy (non-hydrogen) atoms. The van der Waals surface area contributed by atoms with Gasteiger partial charge in [-0.1, -0.05) is 44.2 Å². The summed E-state index contributed by atoms with van der Waals surface area (Å²) in [7, 11) is 0. The van der Waals surface area contributed by atoms with Gasteiger partial charge in [-0.2, -0.15) is 0 Å². The summed E-state index contributed by atoms with van der Waals surface area (Å²) in [4.78, 5) is 47.2. The lowest BCUT2D eigenvalue weighted by Gasteiger charge is -2.23. The van der Waals surface area contributed by atoms with Crippen LogP contribution in [0.4, 0.5) is 0 Å². The molecule has 2 amide bonds. The van der Waals surface area contributed by atoms with Crippen molar-refractivity contribution in [2.45, 2.75) is 57.7 Å². The molecule has 6 N–H and O–H groups in total.